The summed E-state index contributed by atoms with van der Waals surface area (Å²) in [7, 11) is 1.74. The first kappa shape index (κ1) is 21.1. The Morgan fingerprint density at radius 1 is 1.00 bits per heavy atom. The van der Waals surface area contributed by atoms with Crippen LogP contribution in [0, 0.1) is 5.92 Å². The highest BCUT2D eigenvalue weighted by Crippen LogP contribution is 2.30. The van der Waals surface area contributed by atoms with E-state index >= 15 is 0 Å². The summed E-state index contributed by atoms with van der Waals surface area (Å²) in [4.78, 5) is 18.0. The third kappa shape index (κ3) is 6.16. The Morgan fingerprint density at radius 2 is 1.74 bits per heavy atom. The van der Waals surface area contributed by atoms with Crippen LogP contribution in [0.1, 0.15) is 70.6 Å². The minimum absolute atomic E-state index is 0.212. The molecule has 2 saturated heterocycles. The summed E-state index contributed by atoms with van der Waals surface area (Å²) in [5.41, 5.74) is 0. The van der Waals surface area contributed by atoms with E-state index in [0.717, 1.165) is 51.5 Å². The van der Waals surface area contributed by atoms with E-state index in [1.807, 2.05) is 0 Å². The first-order valence-electron chi connectivity index (χ1n) is 11.5. The Labute approximate surface area is 166 Å². The number of carbonyl (C=O) groups excluding carboxylic acids is 1. The molecular formula is C22H41N3O2. The van der Waals surface area contributed by atoms with E-state index < -0.39 is 0 Å². The standard InChI is InChI=1S/C22H41N3O2/c1-27-18-17-24(22(26)19-10-13-23-14-11-19)16-12-21-9-5-6-15-25(21)20-7-3-2-4-8-20/h19-21,23H,2-18H2,1H3/t21-/m0/s1. The minimum Gasteiger partial charge on any atom is -0.383 e. The monoisotopic (exact) mass is 379 g/mol. The van der Waals surface area contributed by atoms with Gasteiger partial charge in [-0.2, -0.15) is 0 Å². The SMILES string of the molecule is COCCN(CC[C@@H]1CCCCN1C1CCCCC1)C(=O)C1CCNCC1. The molecule has 1 aliphatic carbocycles. The van der Waals surface area contributed by atoms with Crippen molar-refractivity contribution >= 4 is 5.91 Å². The number of nitrogens with one attached hydrogen (secondary N) is 1. The van der Waals surface area contributed by atoms with Gasteiger partial charge in [0, 0.05) is 38.2 Å². The maximum absolute atomic E-state index is 13.1. The van der Waals surface area contributed by atoms with E-state index in [1.165, 1.54) is 57.9 Å². The van der Waals surface area contributed by atoms with Gasteiger partial charge in [0.15, 0.2) is 0 Å². The zero-order valence-electron chi connectivity index (χ0n) is 17.5. The van der Waals surface area contributed by atoms with E-state index in [2.05, 4.69) is 15.1 Å². The summed E-state index contributed by atoms with van der Waals surface area (Å²) in [5, 5.41) is 3.38. The van der Waals surface area contributed by atoms with Crippen LogP contribution in [0.2, 0.25) is 0 Å². The third-order valence-electron chi connectivity index (χ3n) is 7.01. The molecule has 3 fully saturated rings. The average Bonchev–Trinajstić information content (AvgIpc) is 2.75. The van der Waals surface area contributed by atoms with Gasteiger partial charge < -0.3 is 15.0 Å². The van der Waals surface area contributed by atoms with Gasteiger partial charge in [0.1, 0.15) is 0 Å². The Balaban J connectivity index is 1.55. The van der Waals surface area contributed by atoms with Gasteiger partial charge in [-0.1, -0.05) is 25.7 Å². The lowest BCUT2D eigenvalue weighted by Gasteiger charge is -2.43. The van der Waals surface area contributed by atoms with Crippen LogP contribution >= 0.6 is 0 Å². The van der Waals surface area contributed by atoms with Crippen LogP contribution < -0.4 is 5.32 Å². The normalized spacial score (nSPS) is 26.2. The summed E-state index contributed by atoms with van der Waals surface area (Å²) in [6, 6.07) is 1.48. The number of hydrogen-bond acceptors (Lipinski definition) is 4. The van der Waals surface area contributed by atoms with Gasteiger partial charge in [0.05, 0.1) is 6.61 Å². The number of nitrogens with zero attached hydrogens (tertiary/aromatic N) is 2. The fraction of sp³-hybridized carbons (Fsp3) is 0.955. The van der Waals surface area contributed by atoms with Gasteiger partial charge in [-0.3, -0.25) is 9.69 Å². The highest BCUT2D eigenvalue weighted by atomic mass is 16.5. The van der Waals surface area contributed by atoms with Gasteiger partial charge in [0.25, 0.3) is 0 Å². The van der Waals surface area contributed by atoms with E-state index in [1.54, 1.807) is 7.11 Å². The second-order valence-corrected chi connectivity index (χ2v) is 8.81. The van der Waals surface area contributed by atoms with E-state index in [0.29, 0.717) is 18.6 Å². The van der Waals surface area contributed by atoms with Crippen LogP contribution in [0.25, 0.3) is 0 Å². The molecule has 5 heteroatoms. The molecule has 2 heterocycles. The molecule has 0 bridgehead atoms. The van der Waals surface area contributed by atoms with E-state index in [9.17, 15) is 4.79 Å². The second-order valence-electron chi connectivity index (χ2n) is 8.81. The van der Waals surface area contributed by atoms with Crippen molar-refractivity contribution in [3.05, 3.63) is 0 Å². The molecule has 5 nitrogen and oxygen atoms in total. The van der Waals surface area contributed by atoms with Crippen LogP contribution in [0.4, 0.5) is 0 Å². The molecular weight excluding hydrogens is 338 g/mol. The zero-order chi connectivity index (χ0) is 18.9. The molecule has 156 valence electrons. The molecule has 1 N–H and O–H groups in total. The Kier molecular flexibility index (Phi) is 8.88. The number of piperidine rings is 2. The van der Waals surface area contributed by atoms with E-state index in [4.69, 9.17) is 4.74 Å². The first-order valence-corrected chi connectivity index (χ1v) is 11.5. The Hall–Kier alpha value is -0.650. The number of likely N-dealkylation sites (tertiary alicyclic amines) is 1. The van der Waals surface area contributed by atoms with Crippen LogP contribution in [0.15, 0.2) is 0 Å². The molecule has 1 amide bonds. The minimum atomic E-state index is 0.212. The van der Waals surface area contributed by atoms with Gasteiger partial charge in [-0.15, -0.1) is 0 Å². The smallest absolute Gasteiger partial charge is 0.225 e. The van der Waals surface area contributed by atoms with Crippen molar-refractivity contribution in [3.63, 3.8) is 0 Å². The van der Waals surface area contributed by atoms with Crippen molar-refractivity contribution in [2.24, 2.45) is 5.92 Å². The lowest BCUT2D eigenvalue weighted by atomic mass is 9.89. The molecule has 0 aromatic carbocycles. The summed E-state index contributed by atoms with van der Waals surface area (Å²) in [6.45, 7) is 5.53. The topological polar surface area (TPSA) is 44.8 Å². The van der Waals surface area contributed by atoms with Crippen LogP contribution in [-0.4, -0.2) is 74.2 Å². The number of amides is 1. The molecule has 0 spiro atoms. The van der Waals surface area contributed by atoms with Crippen LogP contribution in [-0.2, 0) is 9.53 Å². The number of rotatable bonds is 8. The lowest BCUT2D eigenvalue weighted by molar-refractivity contribution is -0.137. The second kappa shape index (κ2) is 11.4. The zero-order valence-corrected chi connectivity index (χ0v) is 17.5. The number of methoxy groups -OCH3 is 1. The largest absolute Gasteiger partial charge is 0.383 e. The van der Waals surface area contributed by atoms with Crippen molar-refractivity contribution in [2.75, 3.05) is 46.4 Å². The molecule has 0 unspecified atom stereocenters. The predicted molar refractivity (Wildman–Crippen MR) is 110 cm³/mol. The van der Waals surface area contributed by atoms with Gasteiger partial charge in [0.2, 0.25) is 5.91 Å². The summed E-state index contributed by atoms with van der Waals surface area (Å²) in [6.07, 6.45) is 14.1. The Morgan fingerprint density at radius 3 is 2.48 bits per heavy atom. The van der Waals surface area contributed by atoms with E-state index in [-0.39, 0.29) is 5.92 Å². The predicted octanol–water partition coefficient (Wildman–Crippen LogP) is 3.04. The fourth-order valence-electron chi connectivity index (χ4n) is 5.39. The number of ether oxygens (including phenoxy) is 1. The van der Waals surface area contributed by atoms with Crippen molar-refractivity contribution in [1.29, 1.82) is 0 Å². The van der Waals surface area contributed by atoms with Crippen molar-refractivity contribution in [1.82, 2.24) is 15.1 Å². The lowest BCUT2D eigenvalue weighted by Crippen LogP contribution is -2.49. The van der Waals surface area contributed by atoms with Gasteiger partial charge in [-0.05, 0) is 64.6 Å². The average molecular weight is 380 g/mol. The van der Waals surface area contributed by atoms with Gasteiger partial charge in [-0.25, -0.2) is 0 Å². The maximum Gasteiger partial charge on any atom is 0.225 e. The first-order chi connectivity index (χ1) is 13.3. The Bertz CT molecular complexity index is 433. The van der Waals surface area contributed by atoms with Crippen LogP contribution in [0.3, 0.4) is 0 Å². The summed E-state index contributed by atoms with van der Waals surface area (Å²) >= 11 is 0. The molecule has 2 aliphatic heterocycles. The molecule has 1 saturated carbocycles. The molecule has 1 atom stereocenters. The molecule has 0 aromatic rings. The summed E-state index contributed by atoms with van der Waals surface area (Å²) in [5.74, 6) is 0.581. The molecule has 3 rings (SSSR count). The highest BCUT2D eigenvalue weighted by Gasteiger charge is 2.31. The third-order valence-corrected chi connectivity index (χ3v) is 7.01. The fourth-order valence-corrected chi connectivity index (χ4v) is 5.39. The van der Waals surface area contributed by atoms with Crippen molar-refractivity contribution in [3.8, 4) is 0 Å². The van der Waals surface area contributed by atoms with Gasteiger partial charge >= 0.3 is 0 Å². The molecule has 0 radical (unpaired) electrons. The van der Waals surface area contributed by atoms with Crippen molar-refractivity contribution < 1.29 is 9.53 Å². The molecule has 3 aliphatic rings. The summed E-state index contributed by atoms with van der Waals surface area (Å²) < 4.78 is 5.30. The number of hydrogen-bond donors (Lipinski definition) is 1. The quantitative estimate of drug-likeness (QED) is 0.704. The van der Waals surface area contributed by atoms with Crippen molar-refractivity contribution in [2.45, 2.75) is 82.7 Å². The highest BCUT2D eigenvalue weighted by molar-refractivity contribution is 5.79. The molecule has 0 aromatic heterocycles. The molecule has 27 heavy (non-hydrogen) atoms. The van der Waals surface area contributed by atoms with Crippen LogP contribution in [0.5, 0.6) is 0 Å². The number of carbonyl (C=O) groups is 1. The maximum atomic E-state index is 13.1.